The van der Waals surface area contributed by atoms with Gasteiger partial charge in [0.05, 0.1) is 11.4 Å². The molecule has 4 nitrogen and oxygen atoms in total. The number of hydrogen-bond donors (Lipinski definition) is 0. The SMILES string of the molecule is CC(=O)N(c1ccc(C)c(C)c1)c1nc(/C=C/C(=O)c2ccc(Br)cc2)cs1. The van der Waals surface area contributed by atoms with Crippen molar-refractivity contribution < 1.29 is 9.59 Å². The molecule has 0 fully saturated rings. The van der Waals surface area contributed by atoms with Crippen molar-refractivity contribution in [2.24, 2.45) is 0 Å². The van der Waals surface area contributed by atoms with E-state index in [1.54, 1.807) is 23.1 Å². The number of nitrogens with zero attached hydrogens (tertiary/aromatic N) is 2. The first kappa shape index (κ1) is 20.2. The van der Waals surface area contributed by atoms with E-state index in [2.05, 4.69) is 20.9 Å². The number of benzene rings is 2. The Morgan fingerprint density at radius 3 is 2.43 bits per heavy atom. The average Bonchev–Trinajstić information content (AvgIpc) is 3.11. The van der Waals surface area contributed by atoms with Crippen molar-refractivity contribution in [2.75, 3.05) is 4.90 Å². The van der Waals surface area contributed by atoms with Gasteiger partial charge in [-0.25, -0.2) is 4.98 Å². The van der Waals surface area contributed by atoms with Gasteiger partial charge in [-0.3, -0.25) is 14.5 Å². The molecule has 0 aliphatic heterocycles. The van der Waals surface area contributed by atoms with E-state index in [-0.39, 0.29) is 11.7 Å². The molecule has 0 saturated carbocycles. The Morgan fingerprint density at radius 2 is 1.79 bits per heavy atom. The molecule has 142 valence electrons. The Labute approximate surface area is 176 Å². The lowest BCUT2D eigenvalue weighted by molar-refractivity contribution is -0.115. The molecule has 2 aromatic carbocycles. The normalized spacial score (nSPS) is 11.0. The van der Waals surface area contributed by atoms with Crippen LogP contribution in [0.5, 0.6) is 0 Å². The number of hydrogen-bond acceptors (Lipinski definition) is 4. The molecule has 1 amide bonds. The highest BCUT2D eigenvalue weighted by molar-refractivity contribution is 9.10. The molecular weight excluding hydrogens is 436 g/mol. The number of rotatable bonds is 5. The topological polar surface area (TPSA) is 50.3 Å². The third kappa shape index (κ3) is 4.64. The van der Waals surface area contributed by atoms with Crippen LogP contribution in [0, 0.1) is 13.8 Å². The summed E-state index contributed by atoms with van der Waals surface area (Å²) in [7, 11) is 0. The maximum atomic E-state index is 12.3. The van der Waals surface area contributed by atoms with Crippen molar-refractivity contribution in [1.29, 1.82) is 0 Å². The minimum Gasteiger partial charge on any atom is -0.289 e. The highest BCUT2D eigenvalue weighted by atomic mass is 79.9. The zero-order valence-corrected chi connectivity index (χ0v) is 18.2. The lowest BCUT2D eigenvalue weighted by Crippen LogP contribution is -2.22. The molecule has 6 heteroatoms. The standard InChI is InChI=1S/C22H19BrN2O2S/c1-14-4-10-20(12-15(14)2)25(16(3)26)22-24-19(13-28-22)9-11-21(27)17-5-7-18(23)8-6-17/h4-13H,1-3H3/b11-9+. The molecule has 3 aromatic rings. The molecule has 28 heavy (non-hydrogen) atoms. The zero-order valence-electron chi connectivity index (χ0n) is 15.8. The maximum Gasteiger partial charge on any atom is 0.230 e. The Morgan fingerprint density at radius 1 is 1.07 bits per heavy atom. The Balaban J connectivity index is 1.82. The van der Waals surface area contributed by atoms with E-state index in [1.165, 1.54) is 29.9 Å². The van der Waals surface area contributed by atoms with E-state index in [0.717, 1.165) is 15.7 Å². The summed E-state index contributed by atoms with van der Waals surface area (Å²) in [5, 5.41) is 2.41. The quantitative estimate of drug-likeness (QED) is 0.345. The van der Waals surface area contributed by atoms with Gasteiger partial charge in [0.25, 0.3) is 0 Å². The molecule has 3 rings (SSSR count). The number of carbonyl (C=O) groups excluding carboxylic acids is 2. The van der Waals surface area contributed by atoms with Crippen LogP contribution in [-0.2, 0) is 4.79 Å². The van der Waals surface area contributed by atoms with Gasteiger partial charge in [-0.1, -0.05) is 22.0 Å². The number of halogens is 1. The number of carbonyl (C=O) groups is 2. The lowest BCUT2D eigenvalue weighted by Gasteiger charge is -2.19. The third-order valence-electron chi connectivity index (χ3n) is 4.30. The zero-order chi connectivity index (χ0) is 20.3. The molecule has 0 atom stereocenters. The molecule has 0 N–H and O–H groups in total. The van der Waals surface area contributed by atoms with Gasteiger partial charge in [-0.2, -0.15) is 0 Å². The van der Waals surface area contributed by atoms with Gasteiger partial charge in [0.15, 0.2) is 10.9 Å². The summed E-state index contributed by atoms with van der Waals surface area (Å²) in [4.78, 5) is 30.6. The maximum absolute atomic E-state index is 12.3. The van der Waals surface area contributed by atoms with Gasteiger partial charge >= 0.3 is 0 Å². The van der Waals surface area contributed by atoms with Crippen molar-refractivity contribution in [3.05, 3.63) is 80.8 Å². The number of amides is 1. The minimum absolute atomic E-state index is 0.0976. The predicted molar refractivity (Wildman–Crippen MR) is 118 cm³/mol. The summed E-state index contributed by atoms with van der Waals surface area (Å²) in [6.45, 7) is 5.57. The van der Waals surface area contributed by atoms with Gasteiger partial charge in [0.1, 0.15) is 0 Å². The van der Waals surface area contributed by atoms with Crippen LogP contribution in [0.1, 0.15) is 34.1 Å². The van der Waals surface area contributed by atoms with Crippen LogP contribution in [-0.4, -0.2) is 16.7 Å². The molecule has 0 radical (unpaired) electrons. The fourth-order valence-electron chi connectivity index (χ4n) is 2.62. The molecule has 0 unspecified atom stereocenters. The van der Waals surface area contributed by atoms with Crippen LogP contribution in [0.2, 0.25) is 0 Å². The second-order valence-electron chi connectivity index (χ2n) is 6.38. The van der Waals surface area contributed by atoms with Gasteiger partial charge in [-0.05, 0) is 73.5 Å². The minimum atomic E-state index is -0.112. The molecule has 0 spiro atoms. The van der Waals surface area contributed by atoms with Gasteiger partial charge in [-0.15, -0.1) is 11.3 Å². The summed E-state index contributed by atoms with van der Waals surface area (Å²) in [6.07, 6.45) is 3.17. The summed E-state index contributed by atoms with van der Waals surface area (Å²) in [6, 6.07) is 13.1. The first-order valence-corrected chi connectivity index (χ1v) is 10.3. The summed E-state index contributed by atoms with van der Waals surface area (Å²) >= 11 is 4.72. The van der Waals surface area contributed by atoms with E-state index in [9.17, 15) is 9.59 Å². The molecule has 0 saturated heterocycles. The predicted octanol–water partition coefficient (Wildman–Crippen LogP) is 6.10. The van der Waals surface area contributed by atoms with Gasteiger partial charge in [0, 0.05) is 22.3 Å². The number of allylic oxidation sites excluding steroid dienone is 1. The first-order valence-electron chi connectivity index (χ1n) is 8.66. The molecule has 0 aliphatic rings. The number of anilines is 2. The van der Waals surface area contributed by atoms with E-state index in [0.29, 0.717) is 16.4 Å². The summed E-state index contributed by atoms with van der Waals surface area (Å²) in [5.41, 5.74) is 4.31. The van der Waals surface area contributed by atoms with Crippen LogP contribution >= 0.6 is 27.3 Å². The summed E-state index contributed by atoms with van der Waals surface area (Å²) in [5.74, 6) is -0.210. The smallest absolute Gasteiger partial charge is 0.230 e. The second-order valence-corrected chi connectivity index (χ2v) is 8.13. The molecule has 0 bridgehead atoms. The van der Waals surface area contributed by atoms with Crippen molar-refractivity contribution in [1.82, 2.24) is 4.98 Å². The van der Waals surface area contributed by atoms with Crippen molar-refractivity contribution >= 4 is 55.9 Å². The fourth-order valence-corrected chi connectivity index (χ4v) is 3.74. The molecule has 1 heterocycles. The van der Waals surface area contributed by atoms with Gasteiger partial charge in [0.2, 0.25) is 5.91 Å². The monoisotopic (exact) mass is 454 g/mol. The van der Waals surface area contributed by atoms with Crippen LogP contribution in [0.25, 0.3) is 6.08 Å². The Bertz CT molecular complexity index is 1050. The first-order chi connectivity index (χ1) is 13.3. The molecular formula is C22H19BrN2O2S. The van der Waals surface area contributed by atoms with Crippen LogP contribution in [0.4, 0.5) is 10.8 Å². The van der Waals surface area contributed by atoms with Crippen LogP contribution in [0.15, 0.2) is 58.4 Å². The number of aromatic nitrogens is 1. The van der Waals surface area contributed by atoms with E-state index < -0.39 is 0 Å². The van der Waals surface area contributed by atoms with Crippen molar-refractivity contribution in [3.8, 4) is 0 Å². The largest absolute Gasteiger partial charge is 0.289 e. The van der Waals surface area contributed by atoms with E-state index in [4.69, 9.17) is 0 Å². The van der Waals surface area contributed by atoms with Crippen molar-refractivity contribution in [2.45, 2.75) is 20.8 Å². The molecule has 0 aliphatic carbocycles. The van der Waals surface area contributed by atoms with E-state index in [1.807, 2.05) is 49.6 Å². The summed E-state index contributed by atoms with van der Waals surface area (Å²) < 4.78 is 0.924. The number of aryl methyl sites for hydroxylation is 2. The van der Waals surface area contributed by atoms with Crippen LogP contribution in [0.3, 0.4) is 0 Å². The van der Waals surface area contributed by atoms with Crippen molar-refractivity contribution in [3.63, 3.8) is 0 Å². The lowest BCUT2D eigenvalue weighted by atomic mass is 10.1. The third-order valence-corrected chi connectivity index (χ3v) is 5.67. The van der Waals surface area contributed by atoms with Gasteiger partial charge < -0.3 is 0 Å². The highest BCUT2D eigenvalue weighted by Gasteiger charge is 2.18. The number of ketones is 1. The van der Waals surface area contributed by atoms with Crippen LogP contribution < -0.4 is 4.90 Å². The molecule has 1 aromatic heterocycles. The highest BCUT2D eigenvalue weighted by Crippen LogP contribution is 2.30. The van der Waals surface area contributed by atoms with E-state index >= 15 is 0 Å². The Hall–Kier alpha value is -2.57. The second kappa shape index (κ2) is 8.63. The number of thiazole rings is 1. The fraction of sp³-hybridized carbons (Fsp3) is 0.136. The Kier molecular flexibility index (Phi) is 6.21. The average molecular weight is 455 g/mol.